The molecule has 0 bridgehead atoms. The third-order valence-electron chi connectivity index (χ3n) is 3.15. The van der Waals surface area contributed by atoms with Crippen LogP contribution in [0.25, 0.3) is 0 Å². The molecule has 21 heavy (non-hydrogen) atoms. The summed E-state index contributed by atoms with van der Waals surface area (Å²) in [6.45, 7) is 0.785. The minimum Gasteiger partial charge on any atom is -0.397 e. The number of benzene rings is 1. The molecule has 116 valence electrons. The van der Waals surface area contributed by atoms with Crippen molar-refractivity contribution in [2.45, 2.75) is 0 Å². The fraction of sp³-hybridized carbons (Fsp3) is 0.417. The monoisotopic (exact) mass is 351 g/mol. The van der Waals surface area contributed by atoms with E-state index in [1.54, 1.807) is 4.90 Å². The molecule has 1 aromatic rings. The van der Waals surface area contributed by atoms with E-state index in [1.807, 2.05) is 0 Å². The number of sulfone groups is 1. The average Bonchev–Trinajstić information content (AvgIpc) is 2.36. The second-order valence-electron chi connectivity index (χ2n) is 4.83. The summed E-state index contributed by atoms with van der Waals surface area (Å²) in [6, 6.07) is 2.99. The predicted molar refractivity (Wildman–Crippen MR) is 84.6 cm³/mol. The molecule has 1 aromatic carbocycles. The van der Waals surface area contributed by atoms with Crippen LogP contribution < -0.4 is 11.1 Å². The van der Waals surface area contributed by atoms with Gasteiger partial charge in [-0.3, -0.25) is 9.69 Å². The van der Waals surface area contributed by atoms with Crippen LogP contribution in [0.3, 0.4) is 0 Å². The Kier molecular flexibility index (Phi) is 4.98. The lowest BCUT2D eigenvalue weighted by Gasteiger charge is -2.25. The lowest BCUT2D eigenvalue weighted by molar-refractivity contribution is -0.117. The fourth-order valence-corrected chi connectivity index (χ4v) is 3.85. The molecule has 1 saturated heterocycles. The van der Waals surface area contributed by atoms with Crippen LogP contribution in [0, 0.1) is 0 Å². The van der Waals surface area contributed by atoms with Gasteiger partial charge in [-0.05, 0) is 12.1 Å². The van der Waals surface area contributed by atoms with Crippen molar-refractivity contribution in [2.24, 2.45) is 0 Å². The van der Waals surface area contributed by atoms with Gasteiger partial charge in [-0.1, -0.05) is 23.2 Å². The van der Waals surface area contributed by atoms with Gasteiger partial charge in [0.05, 0.1) is 34.4 Å². The fourth-order valence-electron chi connectivity index (χ4n) is 2.02. The van der Waals surface area contributed by atoms with Crippen LogP contribution in [0.4, 0.5) is 11.4 Å². The second kappa shape index (κ2) is 6.39. The lowest BCUT2D eigenvalue weighted by Crippen LogP contribution is -2.43. The Balaban J connectivity index is 1.97. The smallest absolute Gasteiger partial charge is 0.238 e. The molecule has 9 heteroatoms. The number of rotatable bonds is 3. The maximum Gasteiger partial charge on any atom is 0.238 e. The van der Waals surface area contributed by atoms with E-state index in [4.69, 9.17) is 28.9 Å². The van der Waals surface area contributed by atoms with Gasteiger partial charge in [0.25, 0.3) is 0 Å². The first-order valence-electron chi connectivity index (χ1n) is 6.24. The summed E-state index contributed by atoms with van der Waals surface area (Å²) in [5.74, 6) is -0.154. The number of nitrogens with one attached hydrogen (secondary N) is 1. The number of halogens is 2. The molecule has 1 amide bonds. The Morgan fingerprint density at radius 3 is 2.48 bits per heavy atom. The molecule has 0 aliphatic carbocycles. The molecule has 0 spiro atoms. The maximum atomic E-state index is 12.0. The van der Waals surface area contributed by atoms with Crippen LogP contribution in [-0.2, 0) is 14.6 Å². The molecule has 0 radical (unpaired) electrons. The molecular formula is C12H15Cl2N3O3S. The van der Waals surface area contributed by atoms with Crippen molar-refractivity contribution in [1.82, 2.24) is 4.90 Å². The zero-order chi connectivity index (χ0) is 15.6. The number of nitrogens with two attached hydrogens (primary N) is 1. The molecule has 0 unspecified atom stereocenters. The second-order valence-corrected chi connectivity index (χ2v) is 7.98. The lowest BCUT2D eigenvalue weighted by atomic mass is 10.2. The van der Waals surface area contributed by atoms with Crippen LogP contribution in [-0.4, -0.2) is 50.4 Å². The summed E-state index contributed by atoms with van der Waals surface area (Å²) in [6.07, 6.45) is 0. The Hall–Kier alpha value is -1.02. The summed E-state index contributed by atoms with van der Waals surface area (Å²) in [5.41, 5.74) is 6.36. The largest absolute Gasteiger partial charge is 0.397 e. The van der Waals surface area contributed by atoms with Gasteiger partial charge in [-0.25, -0.2) is 8.42 Å². The summed E-state index contributed by atoms with van der Waals surface area (Å²) in [7, 11) is -2.96. The number of carbonyl (C=O) groups excluding carboxylic acids is 1. The number of nitrogen functional groups attached to an aromatic ring is 1. The van der Waals surface area contributed by atoms with Crippen LogP contribution in [0.1, 0.15) is 0 Å². The Morgan fingerprint density at radius 1 is 1.29 bits per heavy atom. The van der Waals surface area contributed by atoms with E-state index >= 15 is 0 Å². The van der Waals surface area contributed by atoms with Crippen LogP contribution in [0.2, 0.25) is 10.0 Å². The zero-order valence-corrected chi connectivity index (χ0v) is 13.4. The quantitative estimate of drug-likeness (QED) is 0.799. The maximum absolute atomic E-state index is 12.0. The number of hydrogen-bond donors (Lipinski definition) is 2. The van der Waals surface area contributed by atoms with Crippen molar-refractivity contribution in [3.8, 4) is 0 Å². The predicted octanol–water partition coefficient (Wildman–Crippen LogP) is 1.24. The Labute approximate surface area is 133 Å². The molecule has 0 saturated carbocycles. The van der Waals surface area contributed by atoms with E-state index in [9.17, 15) is 13.2 Å². The Morgan fingerprint density at radius 2 is 1.90 bits per heavy atom. The van der Waals surface area contributed by atoms with Gasteiger partial charge in [0.1, 0.15) is 0 Å². The third kappa shape index (κ3) is 4.47. The molecule has 1 heterocycles. The molecule has 1 aliphatic heterocycles. The van der Waals surface area contributed by atoms with Crippen molar-refractivity contribution in [3.63, 3.8) is 0 Å². The van der Waals surface area contributed by atoms with Crippen LogP contribution >= 0.6 is 23.2 Å². The molecule has 3 N–H and O–H groups in total. The number of anilines is 2. The van der Waals surface area contributed by atoms with Crippen LogP contribution in [0.15, 0.2) is 12.1 Å². The van der Waals surface area contributed by atoms with Crippen molar-refractivity contribution in [1.29, 1.82) is 0 Å². The van der Waals surface area contributed by atoms with E-state index < -0.39 is 9.84 Å². The summed E-state index contributed by atoms with van der Waals surface area (Å²) >= 11 is 11.8. The summed E-state index contributed by atoms with van der Waals surface area (Å²) in [4.78, 5) is 13.8. The van der Waals surface area contributed by atoms with Gasteiger partial charge < -0.3 is 11.1 Å². The first kappa shape index (κ1) is 16.4. The minimum atomic E-state index is -2.96. The molecule has 2 rings (SSSR count). The summed E-state index contributed by atoms with van der Waals surface area (Å²) < 4.78 is 22.6. The highest BCUT2D eigenvalue weighted by atomic mass is 35.5. The number of hydrogen-bond acceptors (Lipinski definition) is 5. The SMILES string of the molecule is Nc1cc(Cl)cc(Cl)c1NC(=O)CN1CCS(=O)(=O)CC1. The zero-order valence-electron chi connectivity index (χ0n) is 11.1. The average molecular weight is 352 g/mol. The van der Waals surface area contributed by atoms with Gasteiger partial charge in [0.15, 0.2) is 9.84 Å². The minimum absolute atomic E-state index is 0.0735. The van der Waals surface area contributed by atoms with Crippen molar-refractivity contribution in [2.75, 3.05) is 42.2 Å². The molecule has 1 fully saturated rings. The molecule has 1 aliphatic rings. The van der Waals surface area contributed by atoms with E-state index in [0.29, 0.717) is 23.8 Å². The highest BCUT2D eigenvalue weighted by Crippen LogP contribution is 2.31. The standard InChI is InChI=1S/C12H15Cl2N3O3S/c13-8-5-9(14)12(10(15)6-8)16-11(18)7-17-1-3-21(19,20)4-2-17/h5-6H,1-4,7,15H2,(H,16,18). The molecule has 0 aromatic heterocycles. The van der Waals surface area contributed by atoms with Gasteiger partial charge >= 0.3 is 0 Å². The third-order valence-corrected chi connectivity index (χ3v) is 5.28. The number of nitrogens with zero attached hydrogens (tertiary/aromatic N) is 1. The van der Waals surface area contributed by atoms with E-state index in [0.717, 1.165) is 0 Å². The first-order valence-corrected chi connectivity index (χ1v) is 8.82. The highest BCUT2D eigenvalue weighted by Gasteiger charge is 2.23. The van der Waals surface area contributed by atoms with Crippen molar-refractivity contribution >= 4 is 50.3 Å². The molecule has 6 nitrogen and oxygen atoms in total. The summed E-state index contributed by atoms with van der Waals surface area (Å²) in [5, 5.41) is 3.27. The number of amides is 1. The number of carbonyl (C=O) groups is 1. The topological polar surface area (TPSA) is 92.5 Å². The van der Waals surface area contributed by atoms with Gasteiger partial charge in [-0.2, -0.15) is 0 Å². The normalized spacial score (nSPS) is 18.4. The van der Waals surface area contributed by atoms with Crippen molar-refractivity contribution in [3.05, 3.63) is 22.2 Å². The Bertz CT molecular complexity index is 627. The highest BCUT2D eigenvalue weighted by molar-refractivity contribution is 7.91. The van der Waals surface area contributed by atoms with Gasteiger partial charge in [0.2, 0.25) is 5.91 Å². The molecule has 0 atom stereocenters. The van der Waals surface area contributed by atoms with Crippen LogP contribution in [0.5, 0.6) is 0 Å². The van der Waals surface area contributed by atoms with E-state index in [-0.39, 0.29) is 34.7 Å². The van der Waals surface area contributed by atoms with Gasteiger partial charge in [0, 0.05) is 18.1 Å². The van der Waals surface area contributed by atoms with Gasteiger partial charge in [-0.15, -0.1) is 0 Å². The van der Waals surface area contributed by atoms with E-state index in [1.165, 1.54) is 12.1 Å². The first-order chi connectivity index (χ1) is 9.77. The van der Waals surface area contributed by atoms with Crippen molar-refractivity contribution < 1.29 is 13.2 Å². The van der Waals surface area contributed by atoms with E-state index in [2.05, 4.69) is 5.32 Å². The molecular weight excluding hydrogens is 337 g/mol.